The second-order valence-electron chi connectivity index (χ2n) is 14.7. The summed E-state index contributed by atoms with van der Waals surface area (Å²) in [4.78, 5) is 12.2. The predicted molar refractivity (Wildman–Crippen MR) is 151 cm³/mol. The van der Waals surface area contributed by atoms with Crippen molar-refractivity contribution in [2.24, 2.45) is 52.3 Å². The van der Waals surface area contributed by atoms with E-state index in [1.165, 1.54) is 57.8 Å². The van der Waals surface area contributed by atoms with Gasteiger partial charge in [-0.05, 0) is 104 Å². The molecule has 206 valence electrons. The normalized spacial score (nSPS) is 38.8. The van der Waals surface area contributed by atoms with E-state index in [9.17, 15) is 4.79 Å². The van der Waals surface area contributed by atoms with Gasteiger partial charge in [0.25, 0.3) is 0 Å². The average Bonchev–Trinajstić information content (AvgIpc) is 3.18. The lowest BCUT2D eigenvalue weighted by atomic mass is 9.47. The molecule has 0 aromatic heterocycles. The molecule has 8 unspecified atom stereocenters. The van der Waals surface area contributed by atoms with Gasteiger partial charge < -0.3 is 10.1 Å². The number of allylic oxidation sites excluding steroid dienone is 1. The van der Waals surface area contributed by atoms with E-state index in [1.807, 2.05) is 0 Å². The molecule has 3 fully saturated rings. The lowest BCUT2D eigenvalue weighted by molar-refractivity contribution is -0.129. The third-order valence-corrected chi connectivity index (χ3v) is 11.4. The van der Waals surface area contributed by atoms with E-state index in [4.69, 9.17) is 4.74 Å². The smallest absolute Gasteiger partial charge is 0.246 e. The van der Waals surface area contributed by atoms with E-state index in [2.05, 4.69) is 59.9 Å². The maximum atomic E-state index is 12.2. The van der Waals surface area contributed by atoms with Crippen molar-refractivity contribution >= 4 is 5.91 Å². The number of ether oxygens (including phenoxy) is 1. The number of hydrogen-bond donors (Lipinski definition) is 1. The van der Waals surface area contributed by atoms with Crippen LogP contribution in [0.4, 0.5) is 0 Å². The number of hydrogen-bond acceptors (Lipinski definition) is 2. The van der Waals surface area contributed by atoms with Crippen LogP contribution >= 0.6 is 0 Å². The van der Waals surface area contributed by atoms with E-state index in [0.29, 0.717) is 16.7 Å². The summed E-state index contributed by atoms with van der Waals surface area (Å²) >= 11 is 0. The van der Waals surface area contributed by atoms with Gasteiger partial charge in [-0.3, -0.25) is 4.79 Å². The van der Waals surface area contributed by atoms with E-state index >= 15 is 0 Å². The van der Waals surface area contributed by atoms with Crippen LogP contribution in [-0.2, 0) is 9.53 Å². The molecule has 8 atom stereocenters. The molecule has 4 aliphatic carbocycles. The van der Waals surface area contributed by atoms with Gasteiger partial charge >= 0.3 is 0 Å². The SMILES string of the molecule is CC(C)CCCC(C)C1CCC2C3CC=C4CC(OCC(=O)NCC(C)C)CCC4(C)C3CCC12C. The molecular formula is C33H57NO2. The van der Waals surface area contributed by atoms with Gasteiger partial charge in [-0.15, -0.1) is 0 Å². The first-order chi connectivity index (χ1) is 17.0. The highest BCUT2D eigenvalue weighted by Crippen LogP contribution is 2.67. The number of amides is 1. The molecule has 3 saturated carbocycles. The van der Waals surface area contributed by atoms with Gasteiger partial charge in [0.2, 0.25) is 5.91 Å². The Labute approximate surface area is 223 Å². The third kappa shape index (κ3) is 5.76. The van der Waals surface area contributed by atoms with Gasteiger partial charge in [-0.25, -0.2) is 0 Å². The quantitative estimate of drug-likeness (QED) is 0.308. The lowest BCUT2D eigenvalue weighted by Gasteiger charge is -2.58. The molecule has 1 amide bonds. The molecule has 0 aliphatic heterocycles. The molecule has 0 aromatic carbocycles. The predicted octanol–water partition coefficient (Wildman–Crippen LogP) is 8.19. The van der Waals surface area contributed by atoms with Crippen LogP contribution in [0.15, 0.2) is 11.6 Å². The van der Waals surface area contributed by atoms with Crippen molar-refractivity contribution in [3.05, 3.63) is 11.6 Å². The average molecular weight is 500 g/mol. The molecule has 3 heteroatoms. The Bertz CT molecular complexity index is 787. The Morgan fingerprint density at radius 2 is 1.78 bits per heavy atom. The minimum Gasteiger partial charge on any atom is -0.368 e. The fourth-order valence-electron chi connectivity index (χ4n) is 9.36. The summed E-state index contributed by atoms with van der Waals surface area (Å²) in [6.45, 7) is 17.8. The summed E-state index contributed by atoms with van der Waals surface area (Å²) < 4.78 is 6.13. The third-order valence-electron chi connectivity index (χ3n) is 11.4. The second kappa shape index (κ2) is 11.5. The number of rotatable bonds is 10. The van der Waals surface area contributed by atoms with Crippen LogP contribution in [0.25, 0.3) is 0 Å². The summed E-state index contributed by atoms with van der Waals surface area (Å²) in [5, 5.41) is 3.00. The Balaban J connectivity index is 1.36. The van der Waals surface area contributed by atoms with Gasteiger partial charge in [-0.1, -0.05) is 79.4 Å². The van der Waals surface area contributed by atoms with Gasteiger partial charge in [0.15, 0.2) is 0 Å². The van der Waals surface area contributed by atoms with Gasteiger partial charge in [-0.2, -0.15) is 0 Å². The highest BCUT2D eigenvalue weighted by atomic mass is 16.5. The standard InChI is InChI=1S/C33H57NO2/c1-22(2)9-8-10-24(5)28-13-14-29-27-12-11-25-19-26(36-21-31(35)34-20-23(3)4)15-17-32(25,6)30(27)16-18-33(28,29)7/h11,22-24,26-30H,8-10,12-21H2,1-7H3,(H,34,35). The second-order valence-corrected chi connectivity index (χ2v) is 14.7. The zero-order valence-corrected chi connectivity index (χ0v) is 24.7. The zero-order valence-electron chi connectivity index (χ0n) is 24.7. The molecule has 0 radical (unpaired) electrons. The van der Waals surface area contributed by atoms with Gasteiger partial charge in [0.05, 0.1) is 6.10 Å². The molecule has 0 bridgehead atoms. The molecule has 4 rings (SSSR count). The number of carbonyl (C=O) groups is 1. The first-order valence-corrected chi connectivity index (χ1v) is 15.6. The number of carbonyl (C=O) groups excluding carboxylic acids is 1. The Hall–Kier alpha value is -0.830. The highest BCUT2D eigenvalue weighted by molar-refractivity contribution is 5.77. The van der Waals surface area contributed by atoms with Crippen LogP contribution in [0.2, 0.25) is 0 Å². The molecule has 0 aromatic rings. The highest BCUT2D eigenvalue weighted by Gasteiger charge is 2.59. The fraction of sp³-hybridized carbons (Fsp3) is 0.909. The van der Waals surface area contributed by atoms with E-state index in [1.54, 1.807) is 5.57 Å². The van der Waals surface area contributed by atoms with Crippen LogP contribution < -0.4 is 5.32 Å². The van der Waals surface area contributed by atoms with E-state index in [-0.39, 0.29) is 18.6 Å². The fourth-order valence-corrected chi connectivity index (χ4v) is 9.36. The summed E-state index contributed by atoms with van der Waals surface area (Å²) in [5.74, 6) is 5.81. The molecule has 36 heavy (non-hydrogen) atoms. The minimum absolute atomic E-state index is 0.0375. The van der Waals surface area contributed by atoms with Crippen LogP contribution in [0, 0.1) is 52.3 Å². The minimum atomic E-state index is 0.0375. The molecular weight excluding hydrogens is 442 g/mol. The van der Waals surface area contributed by atoms with Crippen molar-refractivity contribution in [2.75, 3.05) is 13.2 Å². The monoisotopic (exact) mass is 499 g/mol. The maximum absolute atomic E-state index is 12.2. The number of nitrogens with one attached hydrogen (secondary N) is 1. The first-order valence-electron chi connectivity index (χ1n) is 15.6. The van der Waals surface area contributed by atoms with Crippen molar-refractivity contribution in [3.8, 4) is 0 Å². The molecule has 4 aliphatic rings. The Morgan fingerprint density at radius 3 is 2.50 bits per heavy atom. The van der Waals surface area contributed by atoms with Crippen molar-refractivity contribution in [1.29, 1.82) is 0 Å². The molecule has 1 N–H and O–H groups in total. The summed E-state index contributed by atoms with van der Waals surface area (Å²) in [6, 6.07) is 0. The van der Waals surface area contributed by atoms with Crippen LogP contribution in [0.3, 0.4) is 0 Å². The van der Waals surface area contributed by atoms with E-state index < -0.39 is 0 Å². The van der Waals surface area contributed by atoms with Gasteiger partial charge in [0.1, 0.15) is 6.61 Å². The van der Waals surface area contributed by atoms with Crippen LogP contribution in [0.1, 0.15) is 119 Å². The zero-order chi connectivity index (χ0) is 26.1. The maximum Gasteiger partial charge on any atom is 0.246 e. The van der Waals surface area contributed by atoms with Crippen molar-refractivity contribution in [1.82, 2.24) is 5.32 Å². The Morgan fingerprint density at radius 1 is 1.00 bits per heavy atom. The van der Waals surface area contributed by atoms with E-state index in [0.717, 1.165) is 54.9 Å². The molecule has 0 spiro atoms. The summed E-state index contributed by atoms with van der Waals surface area (Å²) in [6.07, 6.45) is 17.5. The van der Waals surface area contributed by atoms with Gasteiger partial charge in [0, 0.05) is 6.54 Å². The largest absolute Gasteiger partial charge is 0.368 e. The summed E-state index contributed by atoms with van der Waals surface area (Å²) in [5.41, 5.74) is 2.57. The molecule has 0 saturated heterocycles. The summed E-state index contributed by atoms with van der Waals surface area (Å²) in [7, 11) is 0. The topological polar surface area (TPSA) is 38.3 Å². The molecule has 0 heterocycles. The molecule has 3 nitrogen and oxygen atoms in total. The first kappa shape index (κ1) is 28.2. The van der Waals surface area contributed by atoms with Crippen molar-refractivity contribution < 1.29 is 9.53 Å². The van der Waals surface area contributed by atoms with Crippen molar-refractivity contribution in [2.45, 2.75) is 125 Å². The Kier molecular flexibility index (Phi) is 9.01. The van der Waals surface area contributed by atoms with Crippen LogP contribution in [-0.4, -0.2) is 25.2 Å². The van der Waals surface area contributed by atoms with Crippen molar-refractivity contribution in [3.63, 3.8) is 0 Å². The lowest BCUT2D eigenvalue weighted by Crippen LogP contribution is -2.51. The number of fused-ring (bicyclic) bond motifs is 5. The van der Waals surface area contributed by atoms with Crippen LogP contribution in [0.5, 0.6) is 0 Å².